The zero-order valence-electron chi connectivity index (χ0n) is 16.0. The SMILES string of the molecule is CCN(CC)C(=O)CNC(=O)c1ccc(Cl)c(S(=O)(=O)NCC2CCCO2)c1. The Bertz CT molecular complexity index is 805. The summed E-state index contributed by atoms with van der Waals surface area (Å²) in [5.41, 5.74) is 0.106. The Labute approximate surface area is 170 Å². The van der Waals surface area contributed by atoms with Gasteiger partial charge in [0.15, 0.2) is 0 Å². The van der Waals surface area contributed by atoms with Crippen LogP contribution in [0.3, 0.4) is 0 Å². The first-order valence-corrected chi connectivity index (χ1v) is 11.1. The maximum atomic E-state index is 12.6. The first-order valence-electron chi connectivity index (χ1n) is 9.25. The summed E-state index contributed by atoms with van der Waals surface area (Å²) in [6.07, 6.45) is 1.53. The average Bonchev–Trinajstić information content (AvgIpc) is 3.19. The van der Waals surface area contributed by atoms with E-state index in [4.69, 9.17) is 16.3 Å². The number of hydrogen-bond acceptors (Lipinski definition) is 5. The van der Waals surface area contributed by atoms with Crippen LogP contribution in [0.25, 0.3) is 0 Å². The molecule has 0 spiro atoms. The molecule has 2 rings (SSSR count). The summed E-state index contributed by atoms with van der Waals surface area (Å²) < 4.78 is 33.0. The number of nitrogens with one attached hydrogen (secondary N) is 2. The second-order valence-corrected chi connectivity index (χ2v) is 8.52. The molecular formula is C18H26ClN3O5S. The number of hydrogen-bond donors (Lipinski definition) is 2. The minimum atomic E-state index is -3.90. The van der Waals surface area contributed by atoms with Crippen molar-refractivity contribution in [3.63, 3.8) is 0 Å². The fourth-order valence-electron chi connectivity index (χ4n) is 2.88. The largest absolute Gasteiger partial charge is 0.377 e. The van der Waals surface area contributed by atoms with Crippen LogP contribution < -0.4 is 10.0 Å². The van der Waals surface area contributed by atoms with Crippen molar-refractivity contribution >= 4 is 33.4 Å². The average molecular weight is 432 g/mol. The van der Waals surface area contributed by atoms with Gasteiger partial charge < -0.3 is 15.0 Å². The standard InChI is InChI=1S/C18H26ClN3O5S/c1-3-22(4-2)17(23)12-20-18(24)13-7-8-15(19)16(10-13)28(25,26)21-11-14-6-5-9-27-14/h7-8,10,14,21H,3-6,9,11-12H2,1-2H3,(H,20,24). The summed E-state index contributed by atoms with van der Waals surface area (Å²) in [5.74, 6) is -0.758. The molecule has 1 aliphatic rings. The summed E-state index contributed by atoms with van der Waals surface area (Å²) in [7, 11) is -3.90. The predicted octanol–water partition coefficient (Wildman–Crippen LogP) is 1.40. The molecule has 0 aromatic heterocycles. The number of nitrogens with zero attached hydrogens (tertiary/aromatic N) is 1. The van der Waals surface area contributed by atoms with Crippen LogP contribution in [-0.2, 0) is 19.6 Å². The molecule has 28 heavy (non-hydrogen) atoms. The van der Waals surface area contributed by atoms with Gasteiger partial charge in [-0.1, -0.05) is 11.6 Å². The van der Waals surface area contributed by atoms with Gasteiger partial charge in [0, 0.05) is 31.8 Å². The van der Waals surface area contributed by atoms with Crippen molar-refractivity contribution in [1.82, 2.24) is 14.9 Å². The molecule has 156 valence electrons. The number of ether oxygens (including phenoxy) is 1. The first kappa shape index (κ1) is 22.6. The van der Waals surface area contributed by atoms with Crippen LogP contribution in [0.2, 0.25) is 5.02 Å². The molecule has 1 aliphatic heterocycles. The molecule has 2 amide bonds. The number of amides is 2. The van der Waals surface area contributed by atoms with E-state index in [2.05, 4.69) is 10.0 Å². The predicted molar refractivity (Wildman–Crippen MR) is 106 cm³/mol. The highest BCUT2D eigenvalue weighted by Crippen LogP contribution is 2.23. The highest BCUT2D eigenvalue weighted by atomic mass is 35.5. The van der Waals surface area contributed by atoms with Gasteiger partial charge in [-0.3, -0.25) is 9.59 Å². The van der Waals surface area contributed by atoms with E-state index in [0.29, 0.717) is 19.7 Å². The lowest BCUT2D eigenvalue weighted by molar-refractivity contribution is -0.129. The highest BCUT2D eigenvalue weighted by molar-refractivity contribution is 7.89. The molecule has 1 saturated heterocycles. The molecule has 10 heteroatoms. The minimum absolute atomic E-state index is 0.00982. The molecule has 0 aliphatic carbocycles. The van der Waals surface area contributed by atoms with E-state index in [1.54, 1.807) is 4.90 Å². The lowest BCUT2D eigenvalue weighted by atomic mass is 10.2. The van der Waals surface area contributed by atoms with Gasteiger partial charge in [-0.15, -0.1) is 0 Å². The molecule has 8 nitrogen and oxygen atoms in total. The van der Waals surface area contributed by atoms with Crippen molar-refractivity contribution in [2.45, 2.75) is 37.7 Å². The van der Waals surface area contributed by atoms with Crippen molar-refractivity contribution < 1.29 is 22.7 Å². The second-order valence-electron chi connectivity index (χ2n) is 6.38. The number of benzene rings is 1. The van der Waals surface area contributed by atoms with Crippen molar-refractivity contribution in [3.8, 4) is 0 Å². The smallest absolute Gasteiger partial charge is 0.251 e. The Hall–Kier alpha value is -1.68. The van der Waals surface area contributed by atoms with Gasteiger partial charge in [-0.2, -0.15) is 0 Å². The van der Waals surface area contributed by atoms with Crippen LogP contribution in [0.4, 0.5) is 0 Å². The van der Waals surface area contributed by atoms with Crippen molar-refractivity contribution in [2.24, 2.45) is 0 Å². The summed E-state index contributed by atoms with van der Waals surface area (Å²) in [6, 6.07) is 3.97. The molecule has 2 N–H and O–H groups in total. The van der Waals surface area contributed by atoms with Crippen LogP contribution in [0, 0.1) is 0 Å². The van der Waals surface area contributed by atoms with E-state index in [-0.39, 0.29) is 40.6 Å². The van der Waals surface area contributed by atoms with E-state index in [0.717, 1.165) is 12.8 Å². The van der Waals surface area contributed by atoms with Gasteiger partial charge in [-0.25, -0.2) is 13.1 Å². The highest BCUT2D eigenvalue weighted by Gasteiger charge is 2.23. The maximum Gasteiger partial charge on any atom is 0.251 e. The Morgan fingerprint density at radius 1 is 1.29 bits per heavy atom. The number of sulfonamides is 1. The molecule has 1 heterocycles. The number of likely N-dealkylation sites (N-methyl/N-ethyl adjacent to an activating group) is 1. The molecule has 1 fully saturated rings. The van der Waals surface area contributed by atoms with Crippen LogP contribution >= 0.6 is 11.6 Å². The van der Waals surface area contributed by atoms with E-state index >= 15 is 0 Å². The number of halogens is 1. The normalized spacial score (nSPS) is 16.8. The third-order valence-electron chi connectivity index (χ3n) is 4.52. The number of carbonyl (C=O) groups excluding carboxylic acids is 2. The topological polar surface area (TPSA) is 105 Å². The molecule has 1 unspecified atom stereocenters. The second kappa shape index (κ2) is 10.2. The number of rotatable bonds is 9. The van der Waals surface area contributed by atoms with Gasteiger partial charge >= 0.3 is 0 Å². The van der Waals surface area contributed by atoms with Gasteiger partial charge in [0.1, 0.15) is 4.90 Å². The maximum absolute atomic E-state index is 12.6. The summed E-state index contributed by atoms with van der Waals surface area (Å²) in [4.78, 5) is 25.8. The molecule has 0 saturated carbocycles. The van der Waals surface area contributed by atoms with E-state index in [9.17, 15) is 18.0 Å². The van der Waals surface area contributed by atoms with E-state index in [1.165, 1.54) is 18.2 Å². The van der Waals surface area contributed by atoms with Crippen LogP contribution in [0.1, 0.15) is 37.0 Å². The number of carbonyl (C=O) groups is 2. The van der Waals surface area contributed by atoms with Crippen molar-refractivity contribution in [3.05, 3.63) is 28.8 Å². The van der Waals surface area contributed by atoms with Gasteiger partial charge in [0.05, 0.1) is 17.7 Å². The fourth-order valence-corrected chi connectivity index (χ4v) is 4.47. The molecule has 1 aromatic carbocycles. The lowest BCUT2D eigenvalue weighted by Gasteiger charge is -2.18. The zero-order valence-corrected chi connectivity index (χ0v) is 17.6. The van der Waals surface area contributed by atoms with Crippen molar-refractivity contribution in [2.75, 3.05) is 32.8 Å². The minimum Gasteiger partial charge on any atom is -0.377 e. The Kier molecular flexibility index (Phi) is 8.23. The molecule has 0 radical (unpaired) electrons. The van der Waals surface area contributed by atoms with Crippen LogP contribution in [-0.4, -0.2) is 64.0 Å². The Balaban J connectivity index is 2.06. The van der Waals surface area contributed by atoms with Crippen LogP contribution in [0.15, 0.2) is 23.1 Å². The lowest BCUT2D eigenvalue weighted by Crippen LogP contribution is -2.40. The quantitative estimate of drug-likeness (QED) is 0.614. The monoisotopic (exact) mass is 431 g/mol. The summed E-state index contributed by atoms with van der Waals surface area (Å²) in [5, 5.41) is 2.52. The van der Waals surface area contributed by atoms with Gasteiger partial charge in [0.2, 0.25) is 15.9 Å². The summed E-state index contributed by atoms with van der Waals surface area (Å²) >= 11 is 6.04. The Morgan fingerprint density at radius 2 is 2.00 bits per heavy atom. The van der Waals surface area contributed by atoms with Gasteiger partial charge in [0.25, 0.3) is 5.91 Å². The summed E-state index contributed by atoms with van der Waals surface area (Å²) in [6.45, 7) is 5.40. The molecule has 0 bridgehead atoms. The van der Waals surface area contributed by atoms with Crippen molar-refractivity contribution in [1.29, 1.82) is 0 Å². The van der Waals surface area contributed by atoms with Gasteiger partial charge in [-0.05, 0) is 44.9 Å². The molecule has 1 atom stereocenters. The first-order chi connectivity index (χ1) is 13.3. The Morgan fingerprint density at radius 3 is 2.61 bits per heavy atom. The molecule has 1 aromatic rings. The third kappa shape index (κ3) is 5.91. The van der Waals surface area contributed by atoms with E-state index < -0.39 is 15.9 Å². The van der Waals surface area contributed by atoms with Crippen LogP contribution in [0.5, 0.6) is 0 Å². The molecular weight excluding hydrogens is 406 g/mol. The van der Waals surface area contributed by atoms with E-state index in [1.807, 2.05) is 13.8 Å². The zero-order chi connectivity index (χ0) is 20.7. The fraction of sp³-hybridized carbons (Fsp3) is 0.556. The third-order valence-corrected chi connectivity index (χ3v) is 6.43.